The van der Waals surface area contributed by atoms with E-state index in [2.05, 4.69) is 0 Å². The van der Waals surface area contributed by atoms with Crippen molar-refractivity contribution in [1.82, 2.24) is 0 Å². The topological polar surface area (TPSA) is 97.5 Å². The first-order chi connectivity index (χ1) is 8.91. The normalized spacial score (nSPS) is 10.6. The van der Waals surface area contributed by atoms with Crippen molar-refractivity contribution in [2.45, 2.75) is 6.92 Å². The number of nitro benzene ring substituents is 1. The van der Waals surface area contributed by atoms with Crippen LogP contribution in [-0.4, -0.2) is 26.9 Å². The molecule has 1 N–H and O–H groups in total. The number of carbonyl (C=O) groups excluding carboxylic acids is 1. The maximum Gasteiger partial charge on any atom is 0.335 e. The van der Waals surface area contributed by atoms with E-state index < -0.39 is 10.9 Å². The average molecular weight is 281 g/mol. The monoisotopic (exact) mass is 281 g/mol. The molecule has 0 spiro atoms. The van der Waals surface area contributed by atoms with Crippen LogP contribution in [0.4, 0.5) is 5.69 Å². The van der Waals surface area contributed by atoms with E-state index in [1.807, 2.05) is 0 Å². The Labute approximate surface area is 113 Å². The van der Waals surface area contributed by atoms with Gasteiger partial charge < -0.3 is 5.11 Å². The molecular formula is C12H11NO5S. The number of carboxylic acids is 1. The van der Waals surface area contributed by atoms with Crippen molar-refractivity contribution in [2.75, 3.05) is 5.75 Å². The summed E-state index contributed by atoms with van der Waals surface area (Å²) in [6.07, 6.45) is 3.12. The number of aromatic carboxylic acids is 1. The molecule has 0 aliphatic heterocycles. The van der Waals surface area contributed by atoms with Crippen molar-refractivity contribution in [2.24, 2.45) is 0 Å². The number of rotatable bonds is 5. The molecule has 19 heavy (non-hydrogen) atoms. The largest absolute Gasteiger partial charge is 0.478 e. The Hall–Kier alpha value is -2.15. The minimum atomic E-state index is -1.22. The number of benzene rings is 1. The highest BCUT2D eigenvalue weighted by atomic mass is 32.2. The van der Waals surface area contributed by atoms with Crippen molar-refractivity contribution in [1.29, 1.82) is 0 Å². The van der Waals surface area contributed by atoms with Crippen LogP contribution in [0.3, 0.4) is 0 Å². The van der Waals surface area contributed by atoms with Gasteiger partial charge in [-0.2, -0.15) is 0 Å². The van der Waals surface area contributed by atoms with E-state index in [9.17, 15) is 19.7 Å². The second kappa shape index (κ2) is 6.69. The first kappa shape index (κ1) is 14.9. The van der Waals surface area contributed by atoms with Crippen molar-refractivity contribution in [3.63, 3.8) is 0 Å². The molecule has 0 radical (unpaired) electrons. The molecular weight excluding hydrogens is 270 g/mol. The highest BCUT2D eigenvalue weighted by molar-refractivity contribution is 8.13. The average Bonchev–Trinajstić information content (AvgIpc) is 2.34. The van der Waals surface area contributed by atoms with Crippen molar-refractivity contribution < 1.29 is 19.6 Å². The van der Waals surface area contributed by atoms with Gasteiger partial charge in [0, 0.05) is 18.7 Å². The number of hydrogen-bond acceptors (Lipinski definition) is 5. The maximum atomic E-state index is 10.9. The van der Waals surface area contributed by atoms with Crippen LogP contribution in [0, 0.1) is 10.1 Å². The fourth-order valence-corrected chi connectivity index (χ4v) is 1.74. The van der Waals surface area contributed by atoms with Crippen LogP contribution in [-0.2, 0) is 4.79 Å². The van der Waals surface area contributed by atoms with Gasteiger partial charge in [-0.25, -0.2) is 4.79 Å². The summed E-state index contributed by atoms with van der Waals surface area (Å²) >= 11 is 1.08. The lowest BCUT2D eigenvalue weighted by Crippen LogP contribution is -1.99. The van der Waals surface area contributed by atoms with Gasteiger partial charge in [0.2, 0.25) is 0 Å². The summed E-state index contributed by atoms with van der Waals surface area (Å²) in [6, 6.07) is 3.68. The second-order valence-corrected chi connectivity index (χ2v) is 4.74. The van der Waals surface area contributed by atoms with Crippen molar-refractivity contribution in [3.05, 3.63) is 45.5 Å². The molecule has 0 saturated heterocycles. The molecule has 0 aliphatic rings. The third-order valence-electron chi connectivity index (χ3n) is 2.15. The van der Waals surface area contributed by atoms with E-state index in [1.165, 1.54) is 25.1 Å². The minimum absolute atomic E-state index is 0.0413. The molecule has 0 saturated carbocycles. The molecule has 6 nitrogen and oxygen atoms in total. The number of carbonyl (C=O) groups is 2. The van der Waals surface area contributed by atoms with E-state index in [0.29, 0.717) is 11.3 Å². The van der Waals surface area contributed by atoms with Gasteiger partial charge in [-0.1, -0.05) is 23.9 Å². The molecule has 100 valence electrons. The third-order valence-corrected chi connectivity index (χ3v) is 2.92. The SMILES string of the molecule is CC(=O)SCC=Cc1ccc(C(=O)O)cc1[N+](=O)[O-]. The minimum Gasteiger partial charge on any atom is -0.478 e. The molecule has 1 rings (SSSR count). The van der Waals surface area contributed by atoms with Crippen LogP contribution in [0.5, 0.6) is 0 Å². The van der Waals surface area contributed by atoms with Crippen LogP contribution in [0.25, 0.3) is 6.08 Å². The van der Waals surface area contributed by atoms with Crippen LogP contribution in [0.1, 0.15) is 22.8 Å². The van der Waals surface area contributed by atoms with Gasteiger partial charge in [0.25, 0.3) is 5.69 Å². The van der Waals surface area contributed by atoms with Crippen LogP contribution in [0.2, 0.25) is 0 Å². The Morgan fingerprint density at radius 3 is 2.68 bits per heavy atom. The van der Waals surface area contributed by atoms with E-state index in [0.717, 1.165) is 17.8 Å². The molecule has 7 heteroatoms. The van der Waals surface area contributed by atoms with Gasteiger partial charge in [0.05, 0.1) is 16.1 Å². The maximum absolute atomic E-state index is 10.9. The molecule has 0 aromatic heterocycles. The lowest BCUT2D eigenvalue weighted by molar-refractivity contribution is -0.385. The lowest BCUT2D eigenvalue weighted by atomic mass is 10.1. The lowest BCUT2D eigenvalue weighted by Gasteiger charge is -1.99. The molecule has 0 heterocycles. The van der Waals surface area contributed by atoms with E-state index >= 15 is 0 Å². The predicted octanol–water partition coefficient (Wildman–Crippen LogP) is 2.59. The molecule has 0 amide bonds. The van der Waals surface area contributed by atoms with Gasteiger partial charge in [-0.3, -0.25) is 14.9 Å². The zero-order valence-electron chi connectivity index (χ0n) is 10.0. The second-order valence-electron chi connectivity index (χ2n) is 3.54. The van der Waals surface area contributed by atoms with Gasteiger partial charge in [0.15, 0.2) is 5.12 Å². The third kappa shape index (κ3) is 4.55. The number of hydrogen-bond donors (Lipinski definition) is 1. The Bertz CT molecular complexity index is 553. The summed E-state index contributed by atoms with van der Waals surface area (Å²) in [7, 11) is 0. The number of nitro groups is 1. The van der Waals surface area contributed by atoms with Crippen molar-refractivity contribution >= 4 is 34.6 Å². The Kier molecular flexibility index (Phi) is 5.25. The Morgan fingerprint density at radius 1 is 1.47 bits per heavy atom. The Balaban J connectivity index is 2.97. The molecule has 0 unspecified atom stereocenters. The van der Waals surface area contributed by atoms with Gasteiger partial charge >= 0.3 is 5.97 Å². The molecule has 1 aromatic rings. The van der Waals surface area contributed by atoms with Gasteiger partial charge in [0.1, 0.15) is 0 Å². The predicted molar refractivity (Wildman–Crippen MR) is 72.2 cm³/mol. The highest BCUT2D eigenvalue weighted by Gasteiger charge is 2.15. The molecule has 0 fully saturated rings. The zero-order chi connectivity index (χ0) is 14.4. The van der Waals surface area contributed by atoms with E-state index in [-0.39, 0.29) is 16.4 Å². The molecule has 0 bridgehead atoms. The molecule has 0 atom stereocenters. The van der Waals surface area contributed by atoms with Crippen LogP contribution >= 0.6 is 11.8 Å². The first-order valence-electron chi connectivity index (χ1n) is 5.23. The van der Waals surface area contributed by atoms with Crippen LogP contribution < -0.4 is 0 Å². The van der Waals surface area contributed by atoms with Crippen molar-refractivity contribution in [3.8, 4) is 0 Å². The van der Waals surface area contributed by atoms with Gasteiger partial charge in [-0.15, -0.1) is 0 Å². The molecule has 1 aromatic carbocycles. The smallest absolute Gasteiger partial charge is 0.335 e. The highest BCUT2D eigenvalue weighted by Crippen LogP contribution is 2.22. The number of thioether (sulfide) groups is 1. The fourth-order valence-electron chi connectivity index (χ4n) is 1.32. The van der Waals surface area contributed by atoms with Crippen LogP contribution in [0.15, 0.2) is 24.3 Å². The summed E-state index contributed by atoms with van der Waals surface area (Å²) in [5.74, 6) is -0.807. The summed E-state index contributed by atoms with van der Waals surface area (Å²) in [5, 5.41) is 19.6. The molecule has 0 aliphatic carbocycles. The fraction of sp³-hybridized carbons (Fsp3) is 0.167. The van der Waals surface area contributed by atoms with E-state index in [4.69, 9.17) is 5.11 Å². The Morgan fingerprint density at radius 2 is 2.16 bits per heavy atom. The summed E-state index contributed by atoms with van der Waals surface area (Å²) in [4.78, 5) is 31.7. The zero-order valence-corrected chi connectivity index (χ0v) is 10.8. The summed E-state index contributed by atoms with van der Waals surface area (Å²) in [6.45, 7) is 1.43. The number of nitrogens with zero attached hydrogens (tertiary/aromatic N) is 1. The van der Waals surface area contributed by atoms with Gasteiger partial charge in [-0.05, 0) is 12.1 Å². The standard InChI is InChI=1S/C12H11NO5S/c1-8(14)19-6-2-3-9-4-5-10(12(15)16)7-11(9)13(17)18/h2-5,7H,6H2,1H3,(H,15,16). The van der Waals surface area contributed by atoms with E-state index in [1.54, 1.807) is 6.08 Å². The summed E-state index contributed by atoms with van der Waals surface area (Å²) < 4.78 is 0. The quantitative estimate of drug-likeness (QED) is 0.658. The summed E-state index contributed by atoms with van der Waals surface area (Å²) in [5.41, 5.74) is -0.106. The first-order valence-corrected chi connectivity index (χ1v) is 6.22. The number of carboxylic acid groups (broad SMARTS) is 1.